The summed E-state index contributed by atoms with van der Waals surface area (Å²) in [5.41, 5.74) is 6.73. The van der Waals surface area contributed by atoms with Crippen molar-refractivity contribution >= 4 is 5.95 Å². The normalized spacial score (nSPS) is 11.6. The first-order valence-corrected chi connectivity index (χ1v) is 4.64. The third-order valence-electron chi connectivity index (χ3n) is 2.05. The molecule has 0 aromatic carbocycles. The Kier molecular flexibility index (Phi) is 3.69. The van der Waals surface area contributed by atoms with Gasteiger partial charge in [0.1, 0.15) is 6.54 Å². The van der Waals surface area contributed by atoms with E-state index >= 15 is 0 Å². The topological polar surface area (TPSA) is 55.0 Å². The van der Waals surface area contributed by atoms with E-state index in [9.17, 15) is 13.2 Å². The smallest absolute Gasteiger partial charge is 0.335 e. The van der Waals surface area contributed by atoms with E-state index in [0.29, 0.717) is 5.69 Å². The van der Waals surface area contributed by atoms with E-state index in [1.165, 1.54) is 13.2 Å². The summed E-state index contributed by atoms with van der Waals surface area (Å²) in [4.78, 5) is 8.74. The lowest BCUT2D eigenvalue weighted by Gasteiger charge is -2.19. The Morgan fingerprint density at radius 3 is 2.50 bits per heavy atom. The summed E-state index contributed by atoms with van der Waals surface area (Å²) in [5, 5.41) is 0. The Bertz CT molecular complexity index is 364. The molecule has 2 N–H and O–H groups in total. The number of alkyl halides is 3. The first kappa shape index (κ1) is 12.7. The number of aromatic nitrogens is 2. The highest BCUT2D eigenvalue weighted by molar-refractivity contribution is 5.31. The fourth-order valence-electron chi connectivity index (χ4n) is 1.20. The van der Waals surface area contributed by atoms with Crippen molar-refractivity contribution < 1.29 is 13.2 Å². The summed E-state index contributed by atoms with van der Waals surface area (Å²) < 4.78 is 36.4. The second kappa shape index (κ2) is 4.65. The highest BCUT2D eigenvalue weighted by atomic mass is 19.4. The zero-order valence-electron chi connectivity index (χ0n) is 9.04. The Hall–Kier alpha value is -1.37. The molecule has 0 radical (unpaired) electrons. The van der Waals surface area contributed by atoms with Gasteiger partial charge in [-0.1, -0.05) is 0 Å². The van der Waals surface area contributed by atoms with Gasteiger partial charge in [-0.3, -0.25) is 0 Å². The molecular formula is C9H13F3N4. The summed E-state index contributed by atoms with van der Waals surface area (Å²) in [6, 6.07) is 0. The number of hydrogen-bond acceptors (Lipinski definition) is 4. The van der Waals surface area contributed by atoms with Crippen LogP contribution in [-0.4, -0.2) is 29.7 Å². The predicted molar refractivity (Wildman–Crippen MR) is 54.0 cm³/mol. The number of hydrogen-bond donors (Lipinski definition) is 1. The number of nitrogens with zero attached hydrogens (tertiary/aromatic N) is 3. The van der Waals surface area contributed by atoms with Crippen molar-refractivity contribution in [2.45, 2.75) is 19.6 Å². The van der Waals surface area contributed by atoms with Crippen molar-refractivity contribution in [3.8, 4) is 0 Å². The number of anilines is 1. The fourth-order valence-corrected chi connectivity index (χ4v) is 1.20. The van der Waals surface area contributed by atoms with Crippen LogP contribution < -0.4 is 10.6 Å². The zero-order valence-corrected chi connectivity index (χ0v) is 9.04. The van der Waals surface area contributed by atoms with Crippen molar-refractivity contribution in [3.05, 3.63) is 17.5 Å². The Morgan fingerprint density at radius 1 is 1.44 bits per heavy atom. The lowest BCUT2D eigenvalue weighted by molar-refractivity contribution is -0.119. The molecule has 0 fully saturated rings. The summed E-state index contributed by atoms with van der Waals surface area (Å²) in [6.45, 7) is 0.887. The highest BCUT2D eigenvalue weighted by Crippen LogP contribution is 2.18. The lowest BCUT2D eigenvalue weighted by atomic mass is 10.2. The zero-order chi connectivity index (χ0) is 12.3. The van der Waals surface area contributed by atoms with Gasteiger partial charge in [0.05, 0.1) is 0 Å². The van der Waals surface area contributed by atoms with Crippen LogP contribution in [0.4, 0.5) is 19.1 Å². The average Bonchev–Trinajstić information content (AvgIpc) is 2.15. The van der Waals surface area contributed by atoms with E-state index in [1.807, 2.05) is 0 Å². The molecule has 0 aliphatic carbocycles. The molecule has 0 atom stereocenters. The Morgan fingerprint density at radius 2 is 2.06 bits per heavy atom. The molecule has 16 heavy (non-hydrogen) atoms. The first-order chi connectivity index (χ1) is 7.33. The predicted octanol–water partition coefficient (Wildman–Crippen LogP) is 1.24. The van der Waals surface area contributed by atoms with Crippen LogP contribution in [0.3, 0.4) is 0 Å². The number of halogens is 3. The molecule has 0 saturated carbocycles. The molecule has 1 aromatic heterocycles. The van der Waals surface area contributed by atoms with E-state index in [1.54, 1.807) is 6.92 Å². The van der Waals surface area contributed by atoms with Gasteiger partial charge in [-0.15, -0.1) is 0 Å². The quantitative estimate of drug-likeness (QED) is 0.855. The van der Waals surface area contributed by atoms with E-state index in [0.717, 1.165) is 10.5 Å². The standard InChI is InChI=1S/C9H13F3N4/c1-6-7(3-13)4-14-8(15-6)16(2)5-9(10,11)12/h4H,3,5,13H2,1-2H3. The van der Waals surface area contributed by atoms with Gasteiger partial charge < -0.3 is 10.6 Å². The molecule has 0 amide bonds. The van der Waals surface area contributed by atoms with Crippen LogP contribution >= 0.6 is 0 Å². The minimum absolute atomic E-state index is 0.0482. The van der Waals surface area contributed by atoms with Gasteiger partial charge in [0.15, 0.2) is 0 Å². The SMILES string of the molecule is Cc1nc(N(C)CC(F)(F)F)ncc1CN. The largest absolute Gasteiger partial charge is 0.406 e. The lowest BCUT2D eigenvalue weighted by Crippen LogP contribution is -2.32. The molecule has 1 heterocycles. The van der Waals surface area contributed by atoms with Crippen molar-refractivity contribution in [2.24, 2.45) is 5.73 Å². The maximum absolute atomic E-state index is 12.1. The van der Waals surface area contributed by atoms with Crippen LogP contribution in [0.25, 0.3) is 0 Å². The monoisotopic (exact) mass is 234 g/mol. The maximum atomic E-state index is 12.1. The van der Waals surface area contributed by atoms with Gasteiger partial charge in [-0.25, -0.2) is 9.97 Å². The summed E-state index contributed by atoms with van der Waals surface area (Å²) in [5.74, 6) is 0.0482. The van der Waals surface area contributed by atoms with Crippen LogP contribution in [0, 0.1) is 6.92 Å². The summed E-state index contributed by atoms with van der Waals surface area (Å²) in [6.07, 6.45) is -2.82. The van der Waals surface area contributed by atoms with Crippen LogP contribution in [0.1, 0.15) is 11.3 Å². The van der Waals surface area contributed by atoms with E-state index in [-0.39, 0.29) is 12.5 Å². The van der Waals surface area contributed by atoms with Crippen LogP contribution in [-0.2, 0) is 6.54 Å². The Balaban J connectivity index is 2.85. The average molecular weight is 234 g/mol. The molecule has 7 heteroatoms. The van der Waals surface area contributed by atoms with Crippen molar-refractivity contribution in [1.82, 2.24) is 9.97 Å². The molecule has 0 saturated heterocycles. The molecule has 0 spiro atoms. The molecular weight excluding hydrogens is 221 g/mol. The minimum Gasteiger partial charge on any atom is -0.335 e. The van der Waals surface area contributed by atoms with Crippen molar-refractivity contribution in [1.29, 1.82) is 0 Å². The number of nitrogens with two attached hydrogens (primary N) is 1. The van der Waals surface area contributed by atoms with Gasteiger partial charge in [-0.2, -0.15) is 13.2 Å². The van der Waals surface area contributed by atoms with Gasteiger partial charge in [-0.05, 0) is 6.92 Å². The molecule has 0 unspecified atom stereocenters. The minimum atomic E-state index is -4.27. The van der Waals surface area contributed by atoms with Gasteiger partial charge in [0.25, 0.3) is 0 Å². The number of aryl methyl sites for hydroxylation is 1. The first-order valence-electron chi connectivity index (χ1n) is 4.64. The molecule has 4 nitrogen and oxygen atoms in total. The van der Waals surface area contributed by atoms with E-state index in [2.05, 4.69) is 9.97 Å². The van der Waals surface area contributed by atoms with Gasteiger partial charge >= 0.3 is 6.18 Å². The fraction of sp³-hybridized carbons (Fsp3) is 0.556. The maximum Gasteiger partial charge on any atom is 0.406 e. The van der Waals surface area contributed by atoms with Gasteiger partial charge in [0.2, 0.25) is 5.95 Å². The molecule has 0 aliphatic rings. The third-order valence-corrected chi connectivity index (χ3v) is 2.05. The van der Waals surface area contributed by atoms with Crippen LogP contribution in [0.2, 0.25) is 0 Å². The molecule has 1 aromatic rings. The second-order valence-corrected chi connectivity index (χ2v) is 3.46. The summed E-state index contributed by atoms with van der Waals surface area (Å²) in [7, 11) is 1.30. The molecule has 90 valence electrons. The molecule has 0 bridgehead atoms. The number of rotatable bonds is 3. The van der Waals surface area contributed by atoms with Gasteiger partial charge in [0, 0.05) is 31.0 Å². The second-order valence-electron chi connectivity index (χ2n) is 3.46. The highest BCUT2D eigenvalue weighted by Gasteiger charge is 2.30. The van der Waals surface area contributed by atoms with Crippen LogP contribution in [0.5, 0.6) is 0 Å². The van der Waals surface area contributed by atoms with Crippen LogP contribution in [0.15, 0.2) is 6.20 Å². The molecule has 0 aliphatic heterocycles. The van der Waals surface area contributed by atoms with E-state index < -0.39 is 12.7 Å². The summed E-state index contributed by atoms with van der Waals surface area (Å²) >= 11 is 0. The van der Waals surface area contributed by atoms with Crippen molar-refractivity contribution in [2.75, 3.05) is 18.5 Å². The van der Waals surface area contributed by atoms with E-state index in [4.69, 9.17) is 5.73 Å². The molecule has 1 rings (SSSR count). The van der Waals surface area contributed by atoms with Crippen molar-refractivity contribution in [3.63, 3.8) is 0 Å². The third kappa shape index (κ3) is 3.34. The Labute approximate surface area is 91.3 Å².